The monoisotopic (exact) mass is 708 g/mol. The molecule has 1 aromatic rings. The van der Waals surface area contributed by atoms with Gasteiger partial charge in [0.15, 0.2) is 5.25 Å². The van der Waals surface area contributed by atoms with Crippen LogP contribution < -0.4 is 34.7 Å². The van der Waals surface area contributed by atoms with Gasteiger partial charge in [-0.05, 0) is 25.0 Å². The molecule has 1 rings (SSSR count). The Morgan fingerprint density at radius 3 is 1.60 bits per heavy atom. The van der Waals surface area contributed by atoms with Crippen molar-refractivity contribution in [1.82, 2.24) is 4.31 Å². The Balaban J connectivity index is 0. The molecule has 256 valence electrons. The second-order valence-corrected chi connectivity index (χ2v) is 15.6. The van der Waals surface area contributed by atoms with Gasteiger partial charge in [0.05, 0.1) is 19.6 Å². The van der Waals surface area contributed by atoms with Crippen molar-refractivity contribution >= 4 is 42.1 Å². The molecule has 0 aliphatic rings. The Labute approximate surface area is 292 Å². The first-order valence-corrected chi connectivity index (χ1v) is 19.3. The predicted molar refractivity (Wildman–Crippen MR) is 165 cm³/mol. The minimum absolute atomic E-state index is 0. The third-order valence-electron chi connectivity index (χ3n) is 6.38. The first-order valence-electron chi connectivity index (χ1n) is 14.8. The van der Waals surface area contributed by atoms with E-state index in [-0.39, 0.29) is 47.7 Å². The molecule has 0 aliphatic carbocycles. The maximum Gasteiger partial charge on any atom is 1.00 e. The second-order valence-electron chi connectivity index (χ2n) is 10.4. The van der Waals surface area contributed by atoms with E-state index in [0.717, 1.165) is 68.2 Å². The van der Waals surface area contributed by atoms with E-state index in [1.165, 1.54) is 38.7 Å². The smallest absolute Gasteiger partial charge is 0.747 e. The number of rotatable bonds is 21. The Kier molecular flexibility index (Phi) is 24.6. The summed E-state index contributed by atoms with van der Waals surface area (Å²) in [4.78, 5) is 23.0. The molecular formula is C28H49N2NaO11S3. The molecule has 2 N–H and O–H groups in total. The van der Waals surface area contributed by atoms with Crippen molar-refractivity contribution in [3.05, 3.63) is 24.3 Å². The van der Waals surface area contributed by atoms with Gasteiger partial charge in [-0.2, -0.15) is 0 Å². The maximum absolute atomic E-state index is 11.9. The van der Waals surface area contributed by atoms with Gasteiger partial charge in [-0.1, -0.05) is 90.2 Å². The summed E-state index contributed by atoms with van der Waals surface area (Å²) >= 11 is 0. The molecule has 0 bridgehead atoms. The van der Waals surface area contributed by atoms with Crippen LogP contribution >= 0.6 is 0 Å². The molecule has 0 amide bonds. The summed E-state index contributed by atoms with van der Waals surface area (Å²) in [5, 5.41) is 2.91. The van der Waals surface area contributed by atoms with Crippen LogP contribution in [0.2, 0.25) is 0 Å². The van der Waals surface area contributed by atoms with Crippen molar-refractivity contribution in [1.29, 1.82) is 0 Å². The number of ether oxygens (including phenoxy) is 2. The molecule has 1 aromatic carbocycles. The summed E-state index contributed by atoms with van der Waals surface area (Å²) in [5.74, 6) is -2.03. The third kappa shape index (κ3) is 20.0. The Hall–Kier alpha value is -1.11. The molecule has 17 heteroatoms. The minimum atomic E-state index is -4.98. The van der Waals surface area contributed by atoms with Gasteiger partial charge in [0.25, 0.3) is 0 Å². The van der Waals surface area contributed by atoms with Crippen molar-refractivity contribution in [2.45, 2.75) is 112 Å². The molecule has 1 unspecified atom stereocenters. The van der Waals surface area contributed by atoms with E-state index in [0.29, 0.717) is 12.8 Å². The van der Waals surface area contributed by atoms with Crippen molar-refractivity contribution < 1.29 is 78.4 Å². The molecular weight excluding hydrogens is 660 g/mol. The normalized spacial score (nSPS) is 12.4. The molecule has 45 heavy (non-hydrogen) atoms. The SMILES string of the molecule is CCCCCCCCOC(=O)CC(C(=O)OCCCCCCCC)S(=O)(=O)[O-].CN(C)S(=O)(=O)c1ccccc1S(N)(=O)=O.[Na+]. The number of esters is 2. The molecule has 0 heterocycles. The van der Waals surface area contributed by atoms with E-state index < -0.39 is 58.7 Å². The zero-order valence-corrected chi connectivity index (χ0v) is 31.7. The number of nitrogens with zero attached hydrogens (tertiary/aromatic N) is 1. The van der Waals surface area contributed by atoms with E-state index in [9.17, 15) is 39.4 Å². The quantitative estimate of drug-likeness (QED) is 0.0813. The van der Waals surface area contributed by atoms with E-state index in [4.69, 9.17) is 14.6 Å². The van der Waals surface area contributed by atoms with Gasteiger partial charge in [-0.3, -0.25) is 9.59 Å². The van der Waals surface area contributed by atoms with Crippen LogP contribution in [0.4, 0.5) is 0 Å². The van der Waals surface area contributed by atoms with Crippen LogP contribution in [0.5, 0.6) is 0 Å². The van der Waals surface area contributed by atoms with Crippen LogP contribution in [-0.2, 0) is 49.2 Å². The van der Waals surface area contributed by atoms with Gasteiger partial charge in [0.2, 0.25) is 20.0 Å². The Morgan fingerprint density at radius 1 is 0.756 bits per heavy atom. The van der Waals surface area contributed by atoms with E-state index in [1.54, 1.807) is 0 Å². The van der Waals surface area contributed by atoms with Crippen molar-refractivity contribution in [3.63, 3.8) is 0 Å². The van der Waals surface area contributed by atoms with Gasteiger partial charge in [-0.25, -0.2) is 34.7 Å². The number of primary sulfonamides is 1. The van der Waals surface area contributed by atoms with Gasteiger partial charge in [0.1, 0.15) is 19.9 Å². The number of hydrogen-bond donors (Lipinski definition) is 1. The number of sulfonamides is 2. The molecule has 0 saturated carbocycles. The van der Waals surface area contributed by atoms with Crippen LogP contribution in [0.15, 0.2) is 34.1 Å². The van der Waals surface area contributed by atoms with Gasteiger partial charge in [-0.15, -0.1) is 0 Å². The third-order valence-corrected chi connectivity index (χ3v) is 10.4. The Morgan fingerprint density at radius 2 is 1.18 bits per heavy atom. The number of hydrogen-bond acceptors (Lipinski definition) is 11. The molecule has 0 spiro atoms. The number of benzene rings is 1. The molecule has 0 fully saturated rings. The first kappa shape index (κ1) is 46.0. The fraction of sp³-hybridized carbons (Fsp3) is 0.714. The first-order chi connectivity index (χ1) is 20.5. The molecule has 0 saturated heterocycles. The van der Waals surface area contributed by atoms with Crippen LogP contribution in [-0.4, -0.2) is 78.6 Å². The summed E-state index contributed by atoms with van der Waals surface area (Å²) in [6.45, 7) is 4.44. The molecule has 0 radical (unpaired) electrons. The molecule has 1 atom stereocenters. The van der Waals surface area contributed by atoms with Crippen LogP contribution in [0.3, 0.4) is 0 Å². The summed E-state index contributed by atoms with van der Waals surface area (Å²) < 4.78 is 90.8. The summed E-state index contributed by atoms with van der Waals surface area (Å²) in [6.07, 6.45) is 11.2. The zero-order valence-electron chi connectivity index (χ0n) is 27.2. The summed E-state index contributed by atoms with van der Waals surface area (Å²) in [7, 11) is -10.2. The average Bonchev–Trinajstić information content (AvgIpc) is 2.94. The minimum Gasteiger partial charge on any atom is -0.747 e. The van der Waals surface area contributed by atoms with E-state index in [1.807, 2.05) is 0 Å². The van der Waals surface area contributed by atoms with Crippen molar-refractivity contribution in [2.75, 3.05) is 27.3 Å². The number of carbonyl (C=O) groups is 2. The number of carbonyl (C=O) groups excluding carboxylic acids is 2. The van der Waals surface area contributed by atoms with Crippen LogP contribution in [0.25, 0.3) is 0 Å². The van der Waals surface area contributed by atoms with Crippen molar-refractivity contribution in [2.24, 2.45) is 5.14 Å². The largest absolute Gasteiger partial charge is 1.00 e. The number of nitrogens with two attached hydrogens (primary N) is 1. The molecule has 13 nitrogen and oxygen atoms in total. The fourth-order valence-corrected chi connectivity index (χ4v) is 6.72. The van der Waals surface area contributed by atoms with Gasteiger partial charge < -0.3 is 14.0 Å². The molecule has 0 aliphatic heterocycles. The zero-order chi connectivity index (χ0) is 33.8. The van der Waals surface area contributed by atoms with Gasteiger partial charge >= 0.3 is 41.5 Å². The maximum atomic E-state index is 11.9. The van der Waals surface area contributed by atoms with E-state index >= 15 is 0 Å². The summed E-state index contributed by atoms with van der Waals surface area (Å²) in [5.41, 5.74) is 0. The number of unbranched alkanes of at least 4 members (excludes halogenated alkanes) is 10. The molecule has 0 aromatic heterocycles. The summed E-state index contributed by atoms with van der Waals surface area (Å²) in [6, 6.07) is 5.21. The topological polar surface area (TPSA) is 207 Å². The van der Waals surface area contributed by atoms with Crippen LogP contribution in [0.1, 0.15) is 97.3 Å². The fourth-order valence-electron chi connectivity index (χ4n) is 3.83. The standard InChI is InChI=1S/C20H38O7S.C8H12N2O4S2.Na/c1-3-5-7-9-11-13-15-26-19(21)17-18(28(23,24)25)20(22)27-16-14-12-10-8-6-4-2;1-10(2)16(13,14)8-6-4-3-5-7(8)15(9,11)12;/h18H,3-17H2,1-2H3,(H,23,24,25);3-6H,1-2H3,(H2,9,11,12);/q;;+1/p-1. The Bertz CT molecular complexity index is 1320. The van der Waals surface area contributed by atoms with Crippen LogP contribution in [0, 0.1) is 0 Å². The predicted octanol–water partition coefficient (Wildman–Crippen LogP) is 0.686. The average molecular weight is 709 g/mol. The second kappa shape index (κ2) is 24.1. The van der Waals surface area contributed by atoms with E-state index in [2.05, 4.69) is 13.8 Å². The van der Waals surface area contributed by atoms with Gasteiger partial charge in [0, 0.05) is 14.1 Å². The van der Waals surface area contributed by atoms with Crippen molar-refractivity contribution in [3.8, 4) is 0 Å².